The van der Waals surface area contributed by atoms with Crippen LogP contribution in [0.25, 0.3) is 0 Å². The van der Waals surface area contributed by atoms with E-state index in [9.17, 15) is 9.59 Å². The summed E-state index contributed by atoms with van der Waals surface area (Å²) >= 11 is 0. The summed E-state index contributed by atoms with van der Waals surface area (Å²) in [5.41, 5.74) is 1.39. The summed E-state index contributed by atoms with van der Waals surface area (Å²) in [7, 11) is 0. The van der Waals surface area contributed by atoms with Gasteiger partial charge in [0, 0.05) is 17.5 Å². The molecule has 15 heavy (non-hydrogen) atoms. The van der Waals surface area contributed by atoms with Gasteiger partial charge in [-0.3, -0.25) is 9.78 Å². The molecule has 0 radical (unpaired) electrons. The molecule has 4 nitrogen and oxygen atoms in total. The number of pyridine rings is 1. The summed E-state index contributed by atoms with van der Waals surface area (Å²) in [6, 6.07) is 1.52. The number of carbonyl (C=O) groups excluding carboxylic acids is 2. The molecule has 1 aromatic heterocycles. The third-order valence-corrected chi connectivity index (χ3v) is 1.98. The van der Waals surface area contributed by atoms with Crippen LogP contribution in [0.1, 0.15) is 40.3 Å². The highest BCUT2D eigenvalue weighted by Gasteiger charge is 2.11. The van der Waals surface area contributed by atoms with Crippen molar-refractivity contribution in [3.8, 4) is 0 Å². The topological polar surface area (TPSA) is 56.3 Å². The van der Waals surface area contributed by atoms with Crippen LogP contribution in [-0.4, -0.2) is 23.3 Å². The molecule has 0 fully saturated rings. The lowest BCUT2D eigenvalue weighted by Crippen LogP contribution is -2.08. The number of esters is 1. The summed E-state index contributed by atoms with van der Waals surface area (Å²) in [6.45, 7) is 5.21. The fourth-order valence-corrected chi connectivity index (χ4v) is 1.22. The molecule has 0 amide bonds. The highest BCUT2D eigenvalue weighted by molar-refractivity contribution is 5.98. The van der Waals surface area contributed by atoms with E-state index in [1.54, 1.807) is 13.8 Å². The molecule has 4 heteroatoms. The van der Waals surface area contributed by atoms with Crippen LogP contribution in [0.3, 0.4) is 0 Å². The maximum atomic E-state index is 11.4. The van der Waals surface area contributed by atoms with Crippen molar-refractivity contribution < 1.29 is 14.3 Å². The zero-order valence-corrected chi connectivity index (χ0v) is 9.03. The van der Waals surface area contributed by atoms with E-state index in [1.807, 2.05) is 0 Å². The Bertz CT molecular complexity index is 399. The summed E-state index contributed by atoms with van der Waals surface area (Å²) in [6.07, 6.45) is 1.42. The van der Waals surface area contributed by atoms with Crippen LogP contribution in [0.15, 0.2) is 12.3 Å². The number of hydrogen-bond acceptors (Lipinski definition) is 4. The van der Waals surface area contributed by atoms with Crippen LogP contribution >= 0.6 is 0 Å². The Morgan fingerprint density at radius 1 is 1.47 bits per heavy atom. The van der Waals surface area contributed by atoms with Crippen LogP contribution in [0.5, 0.6) is 0 Å². The summed E-state index contributed by atoms with van der Waals surface area (Å²) < 4.78 is 4.81. The lowest BCUT2D eigenvalue weighted by Gasteiger charge is -2.04. The Morgan fingerprint density at radius 3 is 2.67 bits per heavy atom. The second-order valence-corrected chi connectivity index (χ2v) is 3.13. The van der Waals surface area contributed by atoms with Gasteiger partial charge in [0.2, 0.25) is 0 Å². The van der Waals surface area contributed by atoms with Gasteiger partial charge < -0.3 is 4.74 Å². The van der Waals surface area contributed by atoms with Crippen molar-refractivity contribution in [3.05, 3.63) is 29.1 Å². The average molecular weight is 207 g/mol. The van der Waals surface area contributed by atoms with Crippen molar-refractivity contribution in [2.24, 2.45) is 0 Å². The minimum Gasteiger partial charge on any atom is -0.462 e. The number of aromatic nitrogens is 1. The van der Waals surface area contributed by atoms with Crippen LogP contribution in [0, 0.1) is 6.92 Å². The molecule has 0 unspecified atom stereocenters. The molecule has 0 atom stereocenters. The van der Waals surface area contributed by atoms with Gasteiger partial charge in [0.15, 0.2) is 5.78 Å². The maximum absolute atomic E-state index is 11.4. The molecule has 0 aliphatic rings. The van der Waals surface area contributed by atoms with Gasteiger partial charge in [-0.25, -0.2) is 4.79 Å². The summed E-state index contributed by atoms with van der Waals surface area (Å²) in [5.74, 6) is -0.557. The Balaban J connectivity index is 3.07. The van der Waals surface area contributed by atoms with E-state index in [0.717, 1.165) is 0 Å². The largest absolute Gasteiger partial charge is 0.462 e. The lowest BCUT2D eigenvalue weighted by molar-refractivity contribution is 0.0526. The van der Waals surface area contributed by atoms with E-state index in [4.69, 9.17) is 4.74 Å². The normalized spacial score (nSPS) is 9.80. The van der Waals surface area contributed by atoms with Crippen molar-refractivity contribution in [1.82, 2.24) is 4.98 Å². The molecule has 0 aromatic carbocycles. The fraction of sp³-hybridized carbons (Fsp3) is 0.364. The van der Waals surface area contributed by atoms with Crippen LogP contribution in [-0.2, 0) is 4.74 Å². The monoisotopic (exact) mass is 207 g/mol. The summed E-state index contributed by atoms with van der Waals surface area (Å²) in [5, 5.41) is 0. The third kappa shape index (κ3) is 2.62. The Morgan fingerprint density at radius 2 is 2.13 bits per heavy atom. The van der Waals surface area contributed by atoms with Crippen LogP contribution in [0.4, 0.5) is 0 Å². The van der Waals surface area contributed by atoms with E-state index in [2.05, 4.69) is 4.98 Å². The first-order valence-electron chi connectivity index (χ1n) is 4.71. The molecular formula is C11H13NO3. The number of hydrogen-bond donors (Lipinski definition) is 0. The highest BCUT2D eigenvalue weighted by atomic mass is 16.5. The van der Waals surface area contributed by atoms with E-state index in [0.29, 0.717) is 23.4 Å². The number of aryl methyl sites for hydroxylation is 1. The highest BCUT2D eigenvalue weighted by Crippen LogP contribution is 2.09. The molecule has 1 rings (SSSR count). The third-order valence-electron chi connectivity index (χ3n) is 1.98. The van der Waals surface area contributed by atoms with Gasteiger partial charge in [0.05, 0.1) is 12.2 Å². The minimum atomic E-state index is -0.451. The van der Waals surface area contributed by atoms with Crippen LogP contribution in [0.2, 0.25) is 0 Å². The number of rotatable bonds is 3. The van der Waals surface area contributed by atoms with Gasteiger partial charge in [0.25, 0.3) is 0 Å². The molecule has 0 spiro atoms. The average Bonchev–Trinajstić information content (AvgIpc) is 2.18. The number of carbonyl (C=O) groups is 2. The molecular weight excluding hydrogens is 194 g/mol. The zero-order chi connectivity index (χ0) is 11.4. The van der Waals surface area contributed by atoms with E-state index in [-0.39, 0.29) is 5.78 Å². The van der Waals surface area contributed by atoms with Gasteiger partial charge in [-0.1, -0.05) is 0 Å². The molecule has 1 aromatic rings. The number of Topliss-reactive ketones (excluding diaryl/α,β-unsaturated/α-hetero) is 1. The Kier molecular flexibility index (Phi) is 3.55. The van der Waals surface area contributed by atoms with Crippen molar-refractivity contribution in [2.45, 2.75) is 20.8 Å². The predicted molar refractivity (Wildman–Crippen MR) is 54.9 cm³/mol. The van der Waals surface area contributed by atoms with Crippen molar-refractivity contribution >= 4 is 11.8 Å². The molecule has 80 valence electrons. The SMILES string of the molecule is CCOC(=O)c1cnc(C)c(C(C)=O)c1. The smallest absolute Gasteiger partial charge is 0.339 e. The zero-order valence-electron chi connectivity index (χ0n) is 9.03. The molecule has 0 bridgehead atoms. The van der Waals surface area contributed by atoms with Gasteiger partial charge in [0.1, 0.15) is 0 Å². The Hall–Kier alpha value is -1.71. The Labute approximate surface area is 88.3 Å². The molecule has 0 aliphatic carbocycles. The fourth-order valence-electron chi connectivity index (χ4n) is 1.22. The van der Waals surface area contributed by atoms with Gasteiger partial charge in [-0.15, -0.1) is 0 Å². The van der Waals surface area contributed by atoms with Crippen molar-refractivity contribution in [3.63, 3.8) is 0 Å². The van der Waals surface area contributed by atoms with Crippen LogP contribution < -0.4 is 0 Å². The van der Waals surface area contributed by atoms with Crippen molar-refractivity contribution in [2.75, 3.05) is 6.61 Å². The lowest BCUT2D eigenvalue weighted by atomic mass is 10.1. The number of ketones is 1. The summed E-state index contributed by atoms with van der Waals surface area (Å²) in [4.78, 5) is 26.5. The first-order chi connectivity index (χ1) is 7.06. The second-order valence-electron chi connectivity index (χ2n) is 3.13. The van der Waals surface area contributed by atoms with Gasteiger partial charge in [-0.2, -0.15) is 0 Å². The van der Waals surface area contributed by atoms with E-state index in [1.165, 1.54) is 19.2 Å². The molecule has 0 aliphatic heterocycles. The molecule has 0 N–H and O–H groups in total. The minimum absolute atomic E-state index is 0.105. The molecule has 0 saturated heterocycles. The van der Waals surface area contributed by atoms with Gasteiger partial charge >= 0.3 is 5.97 Å². The maximum Gasteiger partial charge on any atom is 0.339 e. The molecule has 0 saturated carbocycles. The number of ether oxygens (including phenoxy) is 1. The first-order valence-corrected chi connectivity index (χ1v) is 4.71. The van der Waals surface area contributed by atoms with E-state index < -0.39 is 5.97 Å². The predicted octanol–water partition coefficient (Wildman–Crippen LogP) is 1.77. The van der Waals surface area contributed by atoms with Crippen molar-refractivity contribution in [1.29, 1.82) is 0 Å². The second kappa shape index (κ2) is 4.68. The standard InChI is InChI=1S/C11H13NO3/c1-4-15-11(14)9-5-10(8(3)13)7(2)12-6-9/h5-6H,4H2,1-3H3. The van der Waals surface area contributed by atoms with E-state index >= 15 is 0 Å². The first kappa shape index (κ1) is 11.4. The molecule has 1 heterocycles. The number of nitrogens with zero attached hydrogens (tertiary/aromatic N) is 1. The van der Waals surface area contributed by atoms with Gasteiger partial charge in [-0.05, 0) is 26.8 Å². The quantitative estimate of drug-likeness (QED) is 0.560.